The Hall–Kier alpha value is -6.38. The first kappa shape index (κ1) is 29.5. The Morgan fingerprint density at radius 3 is 1.78 bits per heavy atom. The van der Waals surface area contributed by atoms with Crippen LogP contribution in [0.5, 0.6) is 0 Å². The van der Waals surface area contributed by atoms with Crippen LogP contribution in [0.2, 0.25) is 0 Å². The maximum absolute atomic E-state index is 6.22. The van der Waals surface area contributed by atoms with Crippen molar-refractivity contribution in [2.75, 3.05) is 4.90 Å². The van der Waals surface area contributed by atoms with E-state index in [9.17, 15) is 0 Å². The highest BCUT2D eigenvalue weighted by Gasteiger charge is 2.35. The molecule has 0 aliphatic heterocycles. The molecule has 0 unspecified atom stereocenters. The molecule has 0 N–H and O–H groups in total. The number of furan rings is 1. The maximum atomic E-state index is 6.22. The lowest BCUT2D eigenvalue weighted by Gasteiger charge is -2.27. The van der Waals surface area contributed by atoms with Crippen molar-refractivity contribution in [3.05, 3.63) is 187 Å². The lowest BCUT2D eigenvalue weighted by atomic mass is 9.82. The molecule has 0 saturated heterocycles. The lowest BCUT2D eigenvalue weighted by molar-refractivity contribution is 0.660. The normalized spacial score (nSPS) is 13.1. The average Bonchev–Trinajstić information content (AvgIpc) is 3.68. The zero-order valence-electron chi connectivity index (χ0n) is 28.6. The van der Waals surface area contributed by atoms with Crippen LogP contribution in [0.15, 0.2) is 180 Å². The Labute approximate surface area is 297 Å². The molecule has 0 spiro atoms. The van der Waals surface area contributed by atoms with E-state index >= 15 is 0 Å². The van der Waals surface area contributed by atoms with Crippen molar-refractivity contribution in [1.82, 2.24) is 0 Å². The molecule has 0 atom stereocenters. The Morgan fingerprint density at radius 2 is 1.00 bits per heavy atom. The monoisotopic (exact) mass is 653 g/mol. The molecular weight excluding hydrogens is 619 g/mol. The van der Waals surface area contributed by atoms with E-state index in [-0.39, 0.29) is 5.41 Å². The number of hydrogen-bond donors (Lipinski definition) is 0. The van der Waals surface area contributed by atoms with Gasteiger partial charge in [0.2, 0.25) is 0 Å². The molecule has 2 nitrogen and oxygen atoms in total. The van der Waals surface area contributed by atoms with Gasteiger partial charge in [-0.25, -0.2) is 0 Å². The minimum Gasteiger partial charge on any atom is -0.456 e. The summed E-state index contributed by atoms with van der Waals surface area (Å²) in [4.78, 5) is 2.38. The summed E-state index contributed by atoms with van der Waals surface area (Å²) in [5.41, 5.74) is 15.3. The number of hydrogen-bond acceptors (Lipinski definition) is 2. The van der Waals surface area contributed by atoms with Crippen LogP contribution in [-0.4, -0.2) is 0 Å². The molecule has 242 valence electrons. The summed E-state index contributed by atoms with van der Waals surface area (Å²) in [6.07, 6.45) is 0. The van der Waals surface area contributed by atoms with Crippen molar-refractivity contribution in [2.24, 2.45) is 0 Å². The molecule has 0 fully saturated rings. The van der Waals surface area contributed by atoms with Crippen LogP contribution < -0.4 is 4.90 Å². The van der Waals surface area contributed by atoms with Gasteiger partial charge in [0, 0.05) is 33.2 Å². The van der Waals surface area contributed by atoms with E-state index in [0.29, 0.717) is 0 Å². The molecule has 9 aromatic rings. The number of fused-ring (bicyclic) bond motifs is 8. The number of rotatable bonds is 5. The van der Waals surface area contributed by atoms with Gasteiger partial charge in [-0.1, -0.05) is 135 Å². The van der Waals surface area contributed by atoms with Crippen LogP contribution in [-0.2, 0) is 5.41 Å². The fourth-order valence-electron chi connectivity index (χ4n) is 8.25. The van der Waals surface area contributed by atoms with Crippen molar-refractivity contribution in [3.8, 4) is 33.4 Å². The first-order chi connectivity index (χ1) is 25.0. The Balaban J connectivity index is 1.08. The Kier molecular flexibility index (Phi) is 6.56. The summed E-state index contributed by atoms with van der Waals surface area (Å²) >= 11 is 0. The third-order valence-electron chi connectivity index (χ3n) is 10.9. The van der Waals surface area contributed by atoms with Gasteiger partial charge in [0.05, 0.1) is 0 Å². The summed E-state index contributed by atoms with van der Waals surface area (Å²) < 4.78 is 6.22. The van der Waals surface area contributed by atoms with E-state index in [1.807, 2.05) is 12.1 Å². The summed E-state index contributed by atoms with van der Waals surface area (Å²) in [6.45, 7) is 4.67. The maximum Gasteiger partial charge on any atom is 0.136 e. The lowest BCUT2D eigenvalue weighted by Crippen LogP contribution is -2.15. The highest BCUT2D eigenvalue weighted by molar-refractivity contribution is 6.19. The molecule has 51 heavy (non-hydrogen) atoms. The van der Waals surface area contributed by atoms with Gasteiger partial charge >= 0.3 is 0 Å². The molecule has 0 amide bonds. The molecule has 1 aromatic heterocycles. The summed E-state index contributed by atoms with van der Waals surface area (Å²) in [6, 6.07) is 63.7. The molecule has 0 radical (unpaired) electrons. The first-order valence-corrected chi connectivity index (χ1v) is 17.7. The second kappa shape index (κ2) is 11.3. The van der Waals surface area contributed by atoms with Crippen molar-refractivity contribution >= 4 is 49.8 Å². The second-order valence-electron chi connectivity index (χ2n) is 14.2. The van der Waals surface area contributed by atoms with Gasteiger partial charge in [0.1, 0.15) is 11.2 Å². The number of benzene rings is 8. The number of para-hydroxylation sites is 1. The zero-order chi connectivity index (χ0) is 34.1. The minimum absolute atomic E-state index is 0.0392. The van der Waals surface area contributed by atoms with Gasteiger partial charge in [0.15, 0.2) is 0 Å². The smallest absolute Gasteiger partial charge is 0.136 e. The fraction of sp³-hybridized carbons (Fsp3) is 0.0612. The molecule has 2 heteroatoms. The van der Waals surface area contributed by atoms with Gasteiger partial charge in [-0.3, -0.25) is 0 Å². The van der Waals surface area contributed by atoms with E-state index in [0.717, 1.165) is 33.6 Å². The molecular formula is C49H35NO. The predicted octanol–water partition coefficient (Wildman–Crippen LogP) is 13.8. The van der Waals surface area contributed by atoms with Crippen LogP contribution in [0.4, 0.5) is 17.1 Å². The molecule has 1 aliphatic carbocycles. The molecule has 0 saturated carbocycles. The quantitative estimate of drug-likeness (QED) is 0.184. The van der Waals surface area contributed by atoms with E-state index in [1.54, 1.807) is 0 Å². The zero-order valence-corrected chi connectivity index (χ0v) is 28.6. The summed E-state index contributed by atoms with van der Waals surface area (Å²) in [5, 5.41) is 4.74. The van der Waals surface area contributed by atoms with Crippen molar-refractivity contribution in [1.29, 1.82) is 0 Å². The van der Waals surface area contributed by atoms with E-state index in [4.69, 9.17) is 4.42 Å². The van der Waals surface area contributed by atoms with Crippen LogP contribution in [0.1, 0.15) is 25.0 Å². The van der Waals surface area contributed by atoms with Crippen LogP contribution in [0.3, 0.4) is 0 Å². The molecule has 8 aromatic carbocycles. The van der Waals surface area contributed by atoms with Crippen LogP contribution in [0, 0.1) is 0 Å². The topological polar surface area (TPSA) is 16.4 Å². The van der Waals surface area contributed by atoms with E-state index < -0.39 is 0 Å². The van der Waals surface area contributed by atoms with Gasteiger partial charge in [-0.2, -0.15) is 0 Å². The molecule has 1 aliphatic rings. The van der Waals surface area contributed by atoms with Gasteiger partial charge < -0.3 is 9.32 Å². The molecule has 10 rings (SSSR count). The molecule has 0 bridgehead atoms. The third-order valence-corrected chi connectivity index (χ3v) is 10.9. The van der Waals surface area contributed by atoms with Gasteiger partial charge in [-0.05, 0) is 110 Å². The van der Waals surface area contributed by atoms with Crippen molar-refractivity contribution in [2.45, 2.75) is 19.3 Å². The van der Waals surface area contributed by atoms with Gasteiger partial charge in [0.25, 0.3) is 0 Å². The highest BCUT2D eigenvalue weighted by Crippen LogP contribution is 2.50. The average molecular weight is 654 g/mol. The van der Waals surface area contributed by atoms with Crippen LogP contribution >= 0.6 is 0 Å². The minimum atomic E-state index is -0.0392. The third kappa shape index (κ3) is 4.71. The number of anilines is 3. The summed E-state index contributed by atoms with van der Waals surface area (Å²) in [7, 11) is 0. The first-order valence-electron chi connectivity index (χ1n) is 17.7. The van der Waals surface area contributed by atoms with Crippen molar-refractivity contribution < 1.29 is 4.42 Å². The fourth-order valence-corrected chi connectivity index (χ4v) is 8.25. The predicted molar refractivity (Wildman–Crippen MR) is 214 cm³/mol. The molecule has 1 heterocycles. The highest BCUT2D eigenvalue weighted by atomic mass is 16.3. The van der Waals surface area contributed by atoms with E-state index in [2.05, 4.69) is 183 Å². The SMILES string of the molecule is CC1(C)c2ccccc2-c2cc(N(c3ccc(-c4ccccc4)cc3)c3ccc(-c4ccc5ccc6oc7ccccc7c6c5c4)cc3)ccc21. The summed E-state index contributed by atoms with van der Waals surface area (Å²) in [5.74, 6) is 0. The Morgan fingerprint density at radius 1 is 0.412 bits per heavy atom. The van der Waals surface area contributed by atoms with Crippen molar-refractivity contribution in [3.63, 3.8) is 0 Å². The standard InChI is InChI=1S/C49H35NO/c1-49(2)44-14-8-6-12-40(44)43-31-39(27-28-45(43)49)50(37-23-18-33(19-24-37)32-10-4-3-5-11-32)38-25-20-34(21-26-38)36-17-16-35-22-29-47-48(42(35)30-36)41-13-7-9-15-46(41)51-47/h3-31H,1-2H3. The largest absolute Gasteiger partial charge is 0.456 e. The van der Waals surface area contributed by atoms with Gasteiger partial charge in [-0.15, -0.1) is 0 Å². The second-order valence-corrected chi connectivity index (χ2v) is 14.2. The number of nitrogens with zero attached hydrogens (tertiary/aromatic N) is 1. The Bertz CT molecular complexity index is 2750. The van der Waals surface area contributed by atoms with Crippen LogP contribution in [0.25, 0.3) is 66.1 Å². The van der Waals surface area contributed by atoms with E-state index in [1.165, 1.54) is 60.7 Å².